The highest BCUT2D eigenvalue weighted by atomic mass is 32.2. The van der Waals surface area contributed by atoms with Crippen molar-refractivity contribution in [1.29, 1.82) is 0 Å². The molecule has 1 amide bonds. The summed E-state index contributed by atoms with van der Waals surface area (Å²) < 4.78 is 0. The number of ketones is 1. The lowest BCUT2D eigenvalue weighted by molar-refractivity contribution is -0.141. The molecule has 0 aromatic heterocycles. The highest BCUT2D eigenvalue weighted by molar-refractivity contribution is 7.99. The van der Waals surface area contributed by atoms with Gasteiger partial charge in [-0.1, -0.05) is 13.3 Å². The fourth-order valence-electron chi connectivity index (χ4n) is 2.58. The molecular formula is C11H17NO2S. The summed E-state index contributed by atoms with van der Waals surface area (Å²) >= 11 is 1.93. The van der Waals surface area contributed by atoms with Gasteiger partial charge in [-0.25, -0.2) is 0 Å². The number of Topliss-reactive ketones (excluding diaryl/α,β-unsaturated/α-hetero) is 1. The second kappa shape index (κ2) is 4.56. The highest BCUT2D eigenvalue weighted by Gasteiger charge is 2.40. The average Bonchev–Trinajstić information content (AvgIpc) is 2.77. The Balaban J connectivity index is 2.03. The number of carbonyl (C=O) groups excluding carboxylic acids is 2. The lowest BCUT2D eigenvalue weighted by atomic mass is 10.2. The summed E-state index contributed by atoms with van der Waals surface area (Å²) in [5, 5.41) is 0.560. The van der Waals surface area contributed by atoms with E-state index in [1.165, 1.54) is 12.8 Å². The Hall–Kier alpha value is -0.510. The minimum Gasteiger partial charge on any atom is -0.332 e. The Morgan fingerprint density at radius 1 is 1.40 bits per heavy atom. The van der Waals surface area contributed by atoms with E-state index >= 15 is 0 Å². The van der Waals surface area contributed by atoms with Crippen molar-refractivity contribution >= 4 is 23.5 Å². The second-order valence-electron chi connectivity index (χ2n) is 4.16. The number of hydrogen-bond acceptors (Lipinski definition) is 3. The van der Waals surface area contributed by atoms with E-state index < -0.39 is 0 Å². The summed E-state index contributed by atoms with van der Waals surface area (Å²) in [7, 11) is 0. The molecule has 0 aromatic carbocycles. The molecule has 1 aliphatic carbocycles. The van der Waals surface area contributed by atoms with E-state index in [4.69, 9.17) is 0 Å². The van der Waals surface area contributed by atoms with Crippen LogP contribution in [0.15, 0.2) is 0 Å². The van der Waals surface area contributed by atoms with Gasteiger partial charge in [-0.15, -0.1) is 0 Å². The van der Waals surface area contributed by atoms with Crippen molar-refractivity contribution in [2.45, 2.75) is 43.9 Å². The number of likely N-dealkylation sites (tertiary alicyclic amines) is 1. The van der Waals surface area contributed by atoms with Crippen molar-refractivity contribution in [3.8, 4) is 0 Å². The van der Waals surface area contributed by atoms with Crippen LogP contribution < -0.4 is 0 Å². The average molecular weight is 227 g/mol. The van der Waals surface area contributed by atoms with Crippen LogP contribution in [0, 0.1) is 0 Å². The van der Waals surface area contributed by atoms with Gasteiger partial charge in [-0.05, 0) is 18.6 Å². The van der Waals surface area contributed by atoms with Crippen LogP contribution in [0.3, 0.4) is 0 Å². The molecule has 2 unspecified atom stereocenters. The maximum absolute atomic E-state index is 11.6. The first-order valence-electron chi connectivity index (χ1n) is 5.69. The van der Waals surface area contributed by atoms with Gasteiger partial charge in [0.15, 0.2) is 0 Å². The molecule has 3 nitrogen and oxygen atoms in total. The minimum absolute atomic E-state index is 0.192. The van der Waals surface area contributed by atoms with Crippen LogP contribution in [0.25, 0.3) is 0 Å². The number of rotatable bonds is 3. The summed E-state index contributed by atoms with van der Waals surface area (Å²) in [4.78, 5) is 24.6. The first-order valence-corrected chi connectivity index (χ1v) is 6.74. The fraction of sp³-hybridized carbons (Fsp3) is 0.818. The molecule has 2 fully saturated rings. The topological polar surface area (TPSA) is 37.4 Å². The van der Waals surface area contributed by atoms with E-state index in [9.17, 15) is 9.59 Å². The molecule has 0 spiro atoms. The minimum atomic E-state index is -0.233. The molecule has 1 saturated carbocycles. The van der Waals surface area contributed by atoms with E-state index in [1.807, 2.05) is 16.7 Å². The molecule has 2 atom stereocenters. The summed E-state index contributed by atoms with van der Waals surface area (Å²) in [5.41, 5.74) is 0. The monoisotopic (exact) mass is 227 g/mol. The van der Waals surface area contributed by atoms with Crippen LogP contribution in [0.4, 0.5) is 0 Å². The van der Waals surface area contributed by atoms with Gasteiger partial charge in [-0.3, -0.25) is 9.59 Å². The van der Waals surface area contributed by atoms with Crippen LogP contribution in [0.5, 0.6) is 0 Å². The van der Waals surface area contributed by atoms with Crippen LogP contribution in [-0.2, 0) is 9.59 Å². The Morgan fingerprint density at radius 2 is 2.20 bits per heavy atom. The molecule has 2 aliphatic rings. The van der Waals surface area contributed by atoms with Gasteiger partial charge in [0.25, 0.3) is 5.91 Å². The lowest BCUT2D eigenvalue weighted by Gasteiger charge is -2.28. The van der Waals surface area contributed by atoms with Gasteiger partial charge >= 0.3 is 0 Å². The quantitative estimate of drug-likeness (QED) is 0.685. The smallest absolute Gasteiger partial charge is 0.290 e. The maximum atomic E-state index is 11.6. The van der Waals surface area contributed by atoms with Crippen molar-refractivity contribution < 1.29 is 9.59 Å². The summed E-state index contributed by atoms with van der Waals surface area (Å²) in [5.74, 6) is 0.669. The predicted molar refractivity (Wildman–Crippen MR) is 60.9 cm³/mol. The number of hydrogen-bond donors (Lipinski definition) is 0. The highest BCUT2D eigenvalue weighted by Crippen LogP contribution is 2.34. The molecule has 4 heteroatoms. The molecule has 1 saturated heterocycles. The molecule has 15 heavy (non-hydrogen) atoms. The fourth-order valence-corrected chi connectivity index (χ4v) is 3.85. The lowest BCUT2D eigenvalue weighted by Crippen LogP contribution is -2.41. The number of carbonyl (C=O) groups is 2. The Kier molecular flexibility index (Phi) is 3.34. The SMILES string of the molecule is CCSC1CCCC1N1CCC(=O)C1=O. The predicted octanol–water partition coefficient (Wildman–Crippen LogP) is 1.46. The number of amides is 1. The Bertz CT molecular complexity index is 280. The standard InChI is InChI=1S/C11H17NO2S/c1-2-15-10-5-3-4-8(10)12-7-6-9(13)11(12)14/h8,10H,2-7H2,1H3. The van der Waals surface area contributed by atoms with Gasteiger partial charge in [0.05, 0.1) is 0 Å². The number of nitrogens with zero attached hydrogens (tertiary/aromatic N) is 1. The van der Waals surface area contributed by atoms with Crippen molar-refractivity contribution in [1.82, 2.24) is 4.90 Å². The molecule has 0 N–H and O–H groups in total. The molecule has 0 aromatic rings. The molecular weight excluding hydrogens is 210 g/mol. The van der Waals surface area contributed by atoms with Gasteiger partial charge in [0.1, 0.15) is 0 Å². The van der Waals surface area contributed by atoms with E-state index in [0.29, 0.717) is 24.3 Å². The van der Waals surface area contributed by atoms with Crippen molar-refractivity contribution in [3.05, 3.63) is 0 Å². The van der Waals surface area contributed by atoms with Gasteiger partial charge in [-0.2, -0.15) is 11.8 Å². The number of thioether (sulfide) groups is 1. The van der Waals surface area contributed by atoms with Gasteiger partial charge in [0.2, 0.25) is 5.78 Å². The summed E-state index contributed by atoms with van der Waals surface area (Å²) in [6.45, 7) is 2.81. The normalized spacial score (nSPS) is 31.7. The van der Waals surface area contributed by atoms with E-state index in [-0.39, 0.29) is 11.7 Å². The summed E-state index contributed by atoms with van der Waals surface area (Å²) in [6, 6.07) is 0.328. The van der Waals surface area contributed by atoms with Crippen LogP contribution in [0.2, 0.25) is 0 Å². The Morgan fingerprint density at radius 3 is 2.80 bits per heavy atom. The zero-order valence-corrected chi connectivity index (χ0v) is 9.89. The Labute approximate surface area is 94.6 Å². The summed E-state index contributed by atoms with van der Waals surface area (Å²) in [6.07, 6.45) is 3.90. The maximum Gasteiger partial charge on any atom is 0.290 e. The largest absolute Gasteiger partial charge is 0.332 e. The van der Waals surface area contributed by atoms with E-state index in [2.05, 4.69) is 6.92 Å². The molecule has 1 heterocycles. The molecule has 84 valence electrons. The van der Waals surface area contributed by atoms with E-state index in [0.717, 1.165) is 12.2 Å². The van der Waals surface area contributed by atoms with Gasteiger partial charge < -0.3 is 4.90 Å². The third-order valence-corrected chi connectivity index (χ3v) is 4.59. The van der Waals surface area contributed by atoms with Crippen LogP contribution in [-0.4, -0.2) is 40.2 Å². The van der Waals surface area contributed by atoms with E-state index in [1.54, 1.807) is 0 Å². The van der Waals surface area contributed by atoms with Gasteiger partial charge in [0, 0.05) is 24.3 Å². The first kappa shape index (κ1) is 11.0. The second-order valence-corrected chi connectivity index (χ2v) is 5.68. The third-order valence-electron chi connectivity index (χ3n) is 3.28. The molecule has 0 bridgehead atoms. The van der Waals surface area contributed by atoms with Crippen LogP contribution in [0.1, 0.15) is 32.6 Å². The van der Waals surface area contributed by atoms with Crippen molar-refractivity contribution in [3.63, 3.8) is 0 Å². The molecule has 0 radical (unpaired) electrons. The van der Waals surface area contributed by atoms with Crippen molar-refractivity contribution in [2.24, 2.45) is 0 Å². The molecule has 1 aliphatic heterocycles. The van der Waals surface area contributed by atoms with Crippen LogP contribution >= 0.6 is 11.8 Å². The first-order chi connectivity index (χ1) is 7.24. The zero-order chi connectivity index (χ0) is 10.8. The third kappa shape index (κ3) is 2.05. The molecule has 2 rings (SSSR count). The van der Waals surface area contributed by atoms with Crippen molar-refractivity contribution in [2.75, 3.05) is 12.3 Å². The zero-order valence-electron chi connectivity index (χ0n) is 9.07.